The highest BCUT2D eigenvalue weighted by molar-refractivity contribution is 6.13. The Morgan fingerprint density at radius 3 is 2.25 bits per heavy atom. The molecule has 0 aromatic heterocycles. The van der Waals surface area contributed by atoms with Crippen LogP contribution in [-0.2, 0) is 9.53 Å². The molecule has 0 saturated carbocycles. The number of hydrogen-bond donors (Lipinski definition) is 0. The maximum absolute atomic E-state index is 12.5. The van der Waals surface area contributed by atoms with Gasteiger partial charge >= 0.3 is 12.6 Å². The molecule has 0 radical (unpaired) electrons. The molecule has 0 atom stereocenters. The SMILES string of the molecule is COc1cc(/C=C2\N=C(c3ccc(OC(F)F)c(OC)c3)OC2=O)c([N+](=O)[O-])cc1OC. The van der Waals surface area contributed by atoms with Crippen molar-refractivity contribution in [2.45, 2.75) is 6.61 Å². The van der Waals surface area contributed by atoms with Gasteiger partial charge in [-0.3, -0.25) is 10.1 Å². The summed E-state index contributed by atoms with van der Waals surface area (Å²) in [7, 11) is 3.94. The second-order valence-electron chi connectivity index (χ2n) is 6.10. The summed E-state index contributed by atoms with van der Waals surface area (Å²) in [6.07, 6.45) is 1.17. The van der Waals surface area contributed by atoms with Crippen molar-refractivity contribution in [1.82, 2.24) is 0 Å². The van der Waals surface area contributed by atoms with Gasteiger partial charge in [-0.1, -0.05) is 0 Å². The van der Waals surface area contributed by atoms with Gasteiger partial charge in [0.2, 0.25) is 5.90 Å². The highest BCUT2D eigenvalue weighted by Gasteiger charge is 2.27. The predicted molar refractivity (Wildman–Crippen MR) is 106 cm³/mol. The maximum atomic E-state index is 12.5. The summed E-state index contributed by atoms with van der Waals surface area (Å²) in [4.78, 5) is 27.2. The van der Waals surface area contributed by atoms with Gasteiger partial charge < -0.3 is 23.7 Å². The van der Waals surface area contributed by atoms with Crippen LogP contribution in [0.25, 0.3) is 6.08 Å². The Hall–Kier alpha value is -4.22. The second-order valence-corrected chi connectivity index (χ2v) is 6.10. The Kier molecular flexibility index (Phi) is 6.52. The van der Waals surface area contributed by atoms with E-state index in [1.54, 1.807) is 0 Å². The number of hydrogen-bond acceptors (Lipinski definition) is 9. The van der Waals surface area contributed by atoms with Crippen molar-refractivity contribution < 1.29 is 42.2 Å². The molecular formula is C20H16F2N2O8. The predicted octanol–water partition coefficient (Wildman–Crippen LogP) is 3.57. The number of alkyl halides is 2. The van der Waals surface area contributed by atoms with Crippen molar-refractivity contribution in [3.8, 4) is 23.0 Å². The summed E-state index contributed by atoms with van der Waals surface area (Å²) in [6, 6.07) is 6.32. The number of aliphatic imine (C=N–C) groups is 1. The molecule has 0 fully saturated rings. The van der Waals surface area contributed by atoms with Crippen LogP contribution in [0.15, 0.2) is 41.0 Å². The summed E-state index contributed by atoms with van der Waals surface area (Å²) in [5, 5.41) is 11.5. The molecule has 168 valence electrons. The Labute approximate surface area is 179 Å². The summed E-state index contributed by atoms with van der Waals surface area (Å²) in [6.45, 7) is -3.05. The highest BCUT2D eigenvalue weighted by Crippen LogP contribution is 2.36. The molecule has 0 unspecified atom stereocenters. The highest BCUT2D eigenvalue weighted by atomic mass is 19.3. The third-order valence-electron chi connectivity index (χ3n) is 4.27. The van der Waals surface area contributed by atoms with Crippen LogP contribution in [0, 0.1) is 10.1 Å². The normalized spacial score (nSPS) is 14.2. The lowest BCUT2D eigenvalue weighted by atomic mass is 10.1. The lowest BCUT2D eigenvalue weighted by Crippen LogP contribution is -2.07. The van der Waals surface area contributed by atoms with E-state index >= 15 is 0 Å². The van der Waals surface area contributed by atoms with E-state index in [2.05, 4.69) is 9.73 Å². The number of esters is 1. The number of carbonyl (C=O) groups excluding carboxylic acids is 1. The minimum atomic E-state index is -3.05. The maximum Gasteiger partial charge on any atom is 0.387 e. The van der Waals surface area contributed by atoms with E-state index in [4.69, 9.17) is 18.9 Å². The number of carbonyl (C=O) groups is 1. The Morgan fingerprint density at radius 1 is 1.03 bits per heavy atom. The van der Waals surface area contributed by atoms with Gasteiger partial charge in [-0.25, -0.2) is 9.79 Å². The summed E-state index contributed by atoms with van der Waals surface area (Å²) in [5.74, 6) is -0.915. The zero-order valence-electron chi connectivity index (χ0n) is 17.0. The van der Waals surface area contributed by atoms with Gasteiger partial charge in [-0.15, -0.1) is 0 Å². The Morgan fingerprint density at radius 2 is 1.66 bits per heavy atom. The number of methoxy groups -OCH3 is 3. The fraction of sp³-hybridized carbons (Fsp3) is 0.200. The van der Waals surface area contributed by atoms with Gasteiger partial charge in [0.05, 0.1) is 37.9 Å². The Bertz CT molecular complexity index is 1130. The van der Waals surface area contributed by atoms with Crippen LogP contribution in [0.3, 0.4) is 0 Å². The molecule has 0 saturated heterocycles. The number of ether oxygens (including phenoxy) is 5. The van der Waals surface area contributed by atoms with Crippen molar-refractivity contribution in [3.05, 3.63) is 57.3 Å². The van der Waals surface area contributed by atoms with Gasteiger partial charge in [-0.2, -0.15) is 8.78 Å². The molecule has 2 aromatic carbocycles. The van der Waals surface area contributed by atoms with Crippen LogP contribution in [0.2, 0.25) is 0 Å². The first-order valence-corrected chi connectivity index (χ1v) is 8.83. The van der Waals surface area contributed by atoms with Crippen LogP contribution in [0.5, 0.6) is 23.0 Å². The molecule has 10 nitrogen and oxygen atoms in total. The molecule has 0 bridgehead atoms. The number of nitro benzene ring substituents is 1. The molecule has 3 rings (SSSR count). The smallest absolute Gasteiger partial charge is 0.387 e. The molecule has 1 aliphatic rings. The van der Waals surface area contributed by atoms with E-state index in [0.29, 0.717) is 0 Å². The average Bonchev–Trinajstić information content (AvgIpc) is 3.13. The number of nitro groups is 1. The number of rotatable bonds is 8. The quantitative estimate of drug-likeness (QED) is 0.259. The van der Waals surface area contributed by atoms with Gasteiger partial charge in [0.1, 0.15) is 0 Å². The van der Waals surface area contributed by atoms with E-state index in [1.807, 2.05) is 0 Å². The van der Waals surface area contributed by atoms with E-state index in [0.717, 1.165) is 6.07 Å². The zero-order valence-corrected chi connectivity index (χ0v) is 17.0. The van der Waals surface area contributed by atoms with Gasteiger partial charge in [0.15, 0.2) is 28.7 Å². The minimum absolute atomic E-state index is 0.0304. The van der Waals surface area contributed by atoms with Crippen LogP contribution < -0.4 is 18.9 Å². The molecule has 0 amide bonds. The van der Waals surface area contributed by atoms with Crippen molar-refractivity contribution in [2.75, 3.05) is 21.3 Å². The third-order valence-corrected chi connectivity index (χ3v) is 4.27. The van der Waals surface area contributed by atoms with Crippen molar-refractivity contribution in [1.29, 1.82) is 0 Å². The molecule has 32 heavy (non-hydrogen) atoms. The molecule has 12 heteroatoms. The monoisotopic (exact) mass is 450 g/mol. The topological polar surface area (TPSA) is 119 Å². The van der Waals surface area contributed by atoms with E-state index in [1.165, 1.54) is 51.7 Å². The summed E-state index contributed by atoms with van der Waals surface area (Å²) < 4.78 is 49.7. The molecule has 0 aliphatic carbocycles. The van der Waals surface area contributed by atoms with Crippen LogP contribution in [-0.4, -0.2) is 44.7 Å². The first-order valence-electron chi connectivity index (χ1n) is 8.83. The largest absolute Gasteiger partial charge is 0.493 e. The number of nitrogens with zero attached hydrogens (tertiary/aromatic N) is 2. The Balaban J connectivity index is 2.02. The van der Waals surface area contributed by atoms with E-state index < -0.39 is 17.5 Å². The van der Waals surface area contributed by atoms with Gasteiger partial charge in [0, 0.05) is 5.56 Å². The summed E-state index contributed by atoms with van der Waals surface area (Å²) >= 11 is 0. The van der Waals surface area contributed by atoms with Gasteiger partial charge in [0.25, 0.3) is 5.69 Å². The third kappa shape index (κ3) is 4.58. The molecule has 1 heterocycles. The molecule has 1 aliphatic heterocycles. The number of halogens is 2. The molecule has 0 N–H and O–H groups in total. The van der Waals surface area contributed by atoms with Crippen molar-refractivity contribution >= 4 is 23.6 Å². The van der Waals surface area contributed by atoms with E-state index in [-0.39, 0.29) is 51.4 Å². The molecular weight excluding hydrogens is 434 g/mol. The number of cyclic esters (lactones) is 1. The zero-order chi connectivity index (χ0) is 23.4. The molecule has 2 aromatic rings. The first-order chi connectivity index (χ1) is 15.3. The van der Waals surface area contributed by atoms with E-state index in [9.17, 15) is 23.7 Å². The van der Waals surface area contributed by atoms with Gasteiger partial charge in [-0.05, 0) is 30.3 Å². The minimum Gasteiger partial charge on any atom is -0.493 e. The lowest BCUT2D eigenvalue weighted by Gasteiger charge is -2.10. The summed E-state index contributed by atoms with van der Waals surface area (Å²) in [5.41, 5.74) is -0.297. The first kappa shape index (κ1) is 22.5. The van der Waals surface area contributed by atoms with Crippen molar-refractivity contribution in [3.63, 3.8) is 0 Å². The van der Waals surface area contributed by atoms with Crippen LogP contribution in [0.4, 0.5) is 14.5 Å². The van der Waals surface area contributed by atoms with Crippen molar-refractivity contribution in [2.24, 2.45) is 4.99 Å². The fourth-order valence-electron chi connectivity index (χ4n) is 2.83. The average molecular weight is 450 g/mol. The van der Waals surface area contributed by atoms with Crippen LogP contribution in [0.1, 0.15) is 11.1 Å². The lowest BCUT2D eigenvalue weighted by molar-refractivity contribution is -0.385. The standard InChI is InChI=1S/C20H16F2N2O8/c1-28-15-7-10(4-5-14(15)31-20(21)22)18-23-12(19(25)32-18)6-11-8-16(29-2)17(30-3)9-13(11)24(26)27/h4-9,20H,1-3H3/b12-6-. The second kappa shape index (κ2) is 9.29. The van der Waals surface area contributed by atoms with Crippen LogP contribution >= 0.6 is 0 Å². The number of benzene rings is 2. The fourth-order valence-corrected chi connectivity index (χ4v) is 2.83. The molecule has 0 spiro atoms.